The van der Waals surface area contributed by atoms with Crippen molar-refractivity contribution in [1.29, 1.82) is 0 Å². The number of halogens is 2. The number of anilines is 1. The standard InChI is InChI=1S/C30H28Cl2N2O2S2/c1-30(2,3)18-4-14-24-25(16-18)38-29(27(24)28(35)34-21-9-5-19(31)6-10-21)33-17-22-11-15-26(36-22)37-23-12-7-20(32)8-13-23/h5-13,15,17-18H,4,14,16H2,1-3H3,(H,34,35)/t18-/m0/s1. The van der Waals surface area contributed by atoms with Gasteiger partial charge in [0.05, 0.1) is 11.8 Å². The van der Waals surface area contributed by atoms with Crippen LogP contribution in [0.1, 0.15) is 53.8 Å². The predicted molar refractivity (Wildman–Crippen MR) is 160 cm³/mol. The Bertz CT molecular complexity index is 1470. The van der Waals surface area contributed by atoms with Gasteiger partial charge >= 0.3 is 0 Å². The Morgan fingerprint density at radius 2 is 1.74 bits per heavy atom. The predicted octanol–water partition coefficient (Wildman–Crippen LogP) is 9.95. The Hall–Kier alpha value is -2.51. The minimum Gasteiger partial charge on any atom is -0.449 e. The number of aliphatic imine (C=N–C) groups is 1. The zero-order valence-electron chi connectivity index (χ0n) is 21.4. The smallest absolute Gasteiger partial charge is 0.259 e. The van der Waals surface area contributed by atoms with Gasteiger partial charge in [-0.15, -0.1) is 11.3 Å². The van der Waals surface area contributed by atoms with E-state index in [0.29, 0.717) is 38.0 Å². The number of rotatable bonds is 6. The highest BCUT2D eigenvalue weighted by atomic mass is 35.5. The zero-order valence-corrected chi connectivity index (χ0v) is 24.5. The van der Waals surface area contributed by atoms with Crippen LogP contribution >= 0.6 is 46.3 Å². The largest absolute Gasteiger partial charge is 0.449 e. The van der Waals surface area contributed by atoms with Crippen LogP contribution in [0.4, 0.5) is 10.7 Å². The average molecular weight is 584 g/mol. The summed E-state index contributed by atoms with van der Waals surface area (Å²) in [5, 5.41) is 5.83. The first-order valence-corrected chi connectivity index (χ1v) is 14.8. The molecule has 0 fully saturated rings. The molecule has 0 bridgehead atoms. The second kappa shape index (κ2) is 11.3. The van der Waals surface area contributed by atoms with Crippen LogP contribution < -0.4 is 5.32 Å². The maximum absolute atomic E-state index is 13.5. The zero-order chi connectivity index (χ0) is 26.9. The number of nitrogens with one attached hydrogen (secondary N) is 1. The van der Waals surface area contributed by atoms with Crippen LogP contribution in [-0.2, 0) is 12.8 Å². The number of hydrogen-bond acceptors (Lipinski definition) is 5. The first-order valence-electron chi connectivity index (χ1n) is 12.4. The summed E-state index contributed by atoms with van der Waals surface area (Å²) in [7, 11) is 0. The molecular weight excluding hydrogens is 555 g/mol. The van der Waals surface area contributed by atoms with Crippen molar-refractivity contribution in [2.75, 3.05) is 5.32 Å². The molecule has 0 radical (unpaired) electrons. The van der Waals surface area contributed by atoms with Gasteiger partial charge in [0.15, 0.2) is 5.09 Å². The Morgan fingerprint density at radius 3 is 2.42 bits per heavy atom. The summed E-state index contributed by atoms with van der Waals surface area (Å²) in [6, 6.07) is 18.6. The molecule has 1 atom stereocenters. The third kappa shape index (κ3) is 6.37. The van der Waals surface area contributed by atoms with Crippen LogP contribution in [0.15, 0.2) is 80.1 Å². The number of thiophene rings is 1. The molecule has 196 valence electrons. The monoisotopic (exact) mass is 582 g/mol. The quantitative estimate of drug-likeness (QED) is 0.230. The molecule has 4 aromatic rings. The van der Waals surface area contributed by atoms with E-state index in [2.05, 4.69) is 26.1 Å². The number of furan rings is 1. The highest BCUT2D eigenvalue weighted by molar-refractivity contribution is 7.99. The van der Waals surface area contributed by atoms with Gasteiger partial charge < -0.3 is 9.73 Å². The van der Waals surface area contributed by atoms with E-state index in [-0.39, 0.29) is 11.3 Å². The molecule has 0 spiro atoms. The molecular formula is C30H28Cl2N2O2S2. The van der Waals surface area contributed by atoms with Gasteiger partial charge in [-0.05, 0) is 96.8 Å². The molecule has 1 N–H and O–H groups in total. The van der Waals surface area contributed by atoms with Crippen LogP contribution in [0.5, 0.6) is 0 Å². The molecule has 2 aromatic carbocycles. The van der Waals surface area contributed by atoms with Gasteiger partial charge in [0.1, 0.15) is 10.8 Å². The summed E-state index contributed by atoms with van der Waals surface area (Å²) in [4.78, 5) is 20.6. The maximum Gasteiger partial charge on any atom is 0.259 e. The lowest BCUT2D eigenvalue weighted by atomic mass is 9.72. The lowest BCUT2D eigenvalue weighted by molar-refractivity contribution is 0.102. The van der Waals surface area contributed by atoms with Crippen molar-refractivity contribution in [1.82, 2.24) is 0 Å². The molecule has 0 saturated carbocycles. The molecule has 5 rings (SSSR count). The summed E-state index contributed by atoms with van der Waals surface area (Å²) in [6.07, 6.45) is 4.59. The van der Waals surface area contributed by atoms with E-state index in [0.717, 1.165) is 34.8 Å². The average Bonchev–Trinajstić information content (AvgIpc) is 3.48. The molecule has 0 saturated heterocycles. The van der Waals surface area contributed by atoms with Crippen LogP contribution in [0.25, 0.3) is 0 Å². The first kappa shape index (κ1) is 27.1. The third-order valence-corrected chi connectivity index (χ3v) is 9.34. The Labute approximate surface area is 241 Å². The molecule has 2 aromatic heterocycles. The van der Waals surface area contributed by atoms with E-state index in [9.17, 15) is 4.79 Å². The maximum atomic E-state index is 13.5. The number of hydrogen-bond donors (Lipinski definition) is 1. The lowest BCUT2D eigenvalue weighted by Crippen LogP contribution is -2.27. The van der Waals surface area contributed by atoms with E-state index in [1.165, 1.54) is 16.6 Å². The highest BCUT2D eigenvalue weighted by Crippen LogP contribution is 2.45. The minimum atomic E-state index is -0.149. The molecule has 1 aliphatic carbocycles. The number of carbonyl (C=O) groups excluding carboxylic acids is 1. The van der Waals surface area contributed by atoms with Gasteiger partial charge in [-0.3, -0.25) is 4.79 Å². The molecule has 38 heavy (non-hydrogen) atoms. The summed E-state index contributed by atoms with van der Waals surface area (Å²) < 4.78 is 5.98. The molecule has 0 aliphatic heterocycles. The van der Waals surface area contributed by atoms with Crippen molar-refractivity contribution >= 4 is 69.1 Å². The van der Waals surface area contributed by atoms with E-state index in [4.69, 9.17) is 32.6 Å². The van der Waals surface area contributed by atoms with Crippen molar-refractivity contribution < 1.29 is 9.21 Å². The van der Waals surface area contributed by atoms with E-state index >= 15 is 0 Å². The Kier molecular flexibility index (Phi) is 8.06. The van der Waals surface area contributed by atoms with Gasteiger partial charge in [0, 0.05) is 25.5 Å². The molecule has 4 nitrogen and oxygen atoms in total. The Morgan fingerprint density at radius 1 is 1.05 bits per heavy atom. The normalized spacial score (nSPS) is 15.6. The minimum absolute atomic E-state index is 0.149. The topological polar surface area (TPSA) is 54.6 Å². The van der Waals surface area contributed by atoms with Gasteiger partial charge in [-0.2, -0.15) is 0 Å². The second-order valence-electron chi connectivity index (χ2n) is 10.4. The van der Waals surface area contributed by atoms with E-state index < -0.39 is 0 Å². The SMILES string of the molecule is CC(C)(C)[C@H]1CCc2c(sc(N=Cc3ccc(Sc4ccc(Cl)cc4)o3)c2C(=O)Nc2ccc(Cl)cc2)C1. The molecule has 1 aliphatic rings. The van der Waals surface area contributed by atoms with E-state index in [1.807, 2.05) is 36.4 Å². The van der Waals surface area contributed by atoms with Gasteiger partial charge in [0.25, 0.3) is 5.91 Å². The first-order chi connectivity index (χ1) is 18.2. The number of benzene rings is 2. The van der Waals surface area contributed by atoms with Gasteiger partial charge in [-0.25, -0.2) is 4.99 Å². The fourth-order valence-corrected chi connectivity index (χ4v) is 6.86. The van der Waals surface area contributed by atoms with Crippen molar-refractivity contribution in [2.24, 2.45) is 16.3 Å². The van der Waals surface area contributed by atoms with Crippen LogP contribution in [-0.4, -0.2) is 12.1 Å². The molecule has 8 heteroatoms. The summed E-state index contributed by atoms with van der Waals surface area (Å²) in [5.41, 5.74) is 2.69. The Balaban J connectivity index is 1.41. The van der Waals surface area contributed by atoms with Crippen molar-refractivity contribution in [2.45, 2.75) is 50.0 Å². The second-order valence-corrected chi connectivity index (χ2v) is 13.5. The van der Waals surface area contributed by atoms with Gasteiger partial charge in [-0.1, -0.05) is 55.7 Å². The summed E-state index contributed by atoms with van der Waals surface area (Å²) in [5.74, 6) is 1.05. The van der Waals surface area contributed by atoms with Crippen LogP contribution in [0.3, 0.4) is 0 Å². The fraction of sp³-hybridized carbons (Fsp3) is 0.267. The number of nitrogens with zero attached hydrogens (tertiary/aromatic N) is 1. The van der Waals surface area contributed by atoms with Crippen molar-refractivity contribution in [3.05, 3.63) is 92.5 Å². The molecule has 2 heterocycles. The number of amides is 1. The summed E-state index contributed by atoms with van der Waals surface area (Å²) in [6.45, 7) is 6.88. The molecule has 1 amide bonds. The van der Waals surface area contributed by atoms with E-state index in [1.54, 1.807) is 41.8 Å². The summed E-state index contributed by atoms with van der Waals surface area (Å²) >= 11 is 15.1. The lowest BCUT2D eigenvalue weighted by Gasteiger charge is -2.33. The van der Waals surface area contributed by atoms with Crippen LogP contribution in [0, 0.1) is 11.3 Å². The van der Waals surface area contributed by atoms with Gasteiger partial charge in [0.2, 0.25) is 0 Å². The van der Waals surface area contributed by atoms with Crippen molar-refractivity contribution in [3.63, 3.8) is 0 Å². The molecule has 0 unspecified atom stereocenters. The number of fused-ring (bicyclic) bond motifs is 1. The number of carbonyl (C=O) groups is 1. The van der Waals surface area contributed by atoms with Crippen molar-refractivity contribution in [3.8, 4) is 0 Å². The third-order valence-electron chi connectivity index (χ3n) is 6.74. The van der Waals surface area contributed by atoms with Crippen LogP contribution in [0.2, 0.25) is 10.0 Å². The fourth-order valence-electron chi connectivity index (χ4n) is 4.56. The highest BCUT2D eigenvalue weighted by Gasteiger charge is 2.33.